The maximum Gasteiger partial charge on any atom is 0.348 e. The van der Waals surface area contributed by atoms with Crippen LogP contribution in [0.2, 0.25) is 0 Å². The molecule has 0 aliphatic rings. The van der Waals surface area contributed by atoms with Crippen molar-refractivity contribution in [3.05, 3.63) is 28.6 Å². The van der Waals surface area contributed by atoms with Gasteiger partial charge in [-0.2, -0.15) is 0 Å². The molecule has 0 spiro atoms. The van der Waals surface area contributed by atoms with Crippen molar-refractivity contribution in [2.24, 2.45) is 0 Å². The highest BCUT2D eigenvalue weighted by molar-refractivity contribution is 7.12. The van der Waals surface area contributed by atoms with Gasteiger partial charge in [-0.1, -0.05) is 6.92 Å². The van der Waals surface area contributed by atoms with Crippen molar-refractivity contribution >= 4 is 23.0 Å². The lowest BCUT2D eigenvalue weighted by molar-refractivity contribution is 0.0702. The van der Waals surface area contributed by atoms with Crippen LogP contribution in [0.15, 0.2) is 23.7 Å². The highest BCUT2D eigenvalue weighted by Crippen LogP contribution is 2.31. The van der Waals surface area contributed by atoms with E-state index in [9.17, 15) is 4.79 Å². The van der Waals surface area contributed by atoms with Crippen molar-refractivity contribution in [3.8, 4) is 17.0 Å². The number of rotatable bonds is 5. The molecule has 2 aromatic rings. The number of hydrogen-bond donors (Lipinski definition) is 2. The molecule has 100 valence electrons. The number of nitrogens with zero attached hydrogens (tertiary/aromatic N) is 1. The third kappa shape index (κ3) is 2.85. The van der Waals surface area contributed by atoms with Gasteiger partial charge in [0.2, 0.25) is 0 Å². The van der Waals surface area contributed by atoms with Crippen LogP contribution in [0.3, 0.4) is 0 Å². The highest BCUT2D eigenvalue weighted by Gasteiger charge is 2.16. The Kier molecular flexibility index (Phi) is 4.01. The van der Waals surface area contributed by atoms with Gasteiger partial charge in [-0.05, 0) is 24.6 Å². The predicted molar refractivity (Wildman–Crippen MR) is 74.7 cm³/mol. The molecule has 3 N–H and O–H groups in total. The third-order valence-corrected chi connectivity index (χ3v) is 3.32. The maximum absolute atomic E-state index is 11.1. The number of ether oxygens (including phenoxy) is 1. The lowest BCUT2D eigenvalue weighted by Gasteiger charge is -2.09. The first-order valence-corrected chi connectivity index (χ1v) is 6.71. The highest BCUT2D eigenvalue weighted by atomic mass is 32.1. The van der Waals surface area contributed by atoms with Crippen molar-refractivity contribution in [1.82, 2.24) is 4.98 Å². The summed E-state index contributed by atoms with van der Waals surface area (Å²) in [5.74, 6) is -0.375. The number of aromatic nitrogens is 1. The Balaban J connectivity index is 2.33. The van der Waals surface area contributed by atoms with Gasteiger partial charge in [0.05, 0.1) is 23.5 Å². The molecule has 1 aromatic heterocycles. The lowest BCUT2D eigenvalue weighted by Crippen LogP contribution is -2.00. The molecule has 0 unspecified atom stereocenters. The van der Waals surface area contributed by atoms with Crippen molar-refractivity contribution < 1.29 is 14.6 Å². The summed E-state index contributed by atoms with van der Waals surface area (Å²) in [6, 6.07) is 5.20. The summed E-state index contributed by atoms with van der Waals surface area (Å²) in [6.07, 6.45) is 0.899. The maximum atomic E-state index is 11.1. The fourth-order valence-corrected chi connectivity index (χ4v) is 2.29. The van der Waals surface area contributed by atoms with E-state index in [0.717, 1.165) is 17.8 Å². The zero-order chi connectivity index (χ0) is 13.8. The van der Waals surface area contributed by atoms with Gasteiger partial charge in [0.1, 0.15) is 10.6 Å². The van der Waals surface area contributed by atoms with Crippen molar-refractivity contribution in [2.75, 3.05) is 12.3 Å². The summed E-state index contributed by atoms with van der Waals surface area (Å²) in [5.41, 5.74) is 9.01. The van der Waals surface area contributed by atoms with E-state index < -0.39 is 5.97 Å². The number of carbonyl (C=O) groups is 1. The van der Waals surface area contributed by atoms with Crippen molar-refractivity contribution in [1.29, 1.82) is 0 Å². The minimum absolute atomic E-state index is 0.210. The Morgan fingerprint density at radius 3 is 2.95 bits per heavy atom. The molecular formula is C13H14N2O3S. The fraction of sp³-hybridized carbons (Fsp3) is 0.231. The second kappa shape index (κ2) is 5.71. The first-order chi connectivity index (χ1) is 9.13. The Bertz CT molecular complexity index is 595. The molecule has 1 heterocycles. The molecule has 1 aromatic carbocycles. The standard InChI is InChI=1S/C13H14N2O3S/c1-2-5-18-10-4-3-8(6-9(10)14)11-12(13(16)17)19-7-15-11/h3-4,6-7H,2,5,14H2,1H3,(H,16,17). The molecule has 0 radical (unpaired) electrons. The Morgan fingerprint density at radius 2 is 2.32 bits per heavy atom. The van der Waals surface area contributed by atoms with Gasteiger partial charge in [-0.3, -0.25) is 0 Å². The van der Waals surface area contributed by atoms with E-state index in [1.807, 2.05) is 6.92 Å². The van der Waals surface area contributed by atoms with Crippen LogP contribution >= 0.6 is 11.3 Å². The Hall–Kier alpha value is -2.08. The zero-order valence-corrected chi connectivity index (χ0v) is 11.2. The first-order valence-electron chi connectivity index (χ1n) is 5.83. The number of benzene rings is 1. The second-order valence-corrected chi connectivity index (χ2v) is 4.79. The molecule has 2 rings (SSSR count). The lowest BCUT2D eigenvalue weighted by atomic mass is 10.1. The molecule has 0 saturated heterocycles. The number of carboxylic acid groups (broad SMARTS) is 1. The number of anilines is 1. The minimum atomic E-state index is -0.984. The fourth-order valence-electron chi connectivity index (χ4n) is 1.64. The molecule has 19 heavy (non-hydrogen) atoms. The number of hydrogen-bond acceptors (Lipinski definition) is 5. The van der Waals surface area contributed by atoms with Crippen LogP contribution in [0.4, 0.5) is 5.69 Å². The third-order valence-electron chi connectivity index (χ3n) is 2.51. The van der Waals surface area contributed by atoms with Crippen LogP contribution in [0.1, 0.15) is 23.0 Å². The second-order valence-electron chi connectivity index (χ2n) is 3.94. The average molecular weight is 278 g/mol. The minimum Gasteiger partial charge on any atom is -0.491 e. The number of carboxylic acids is 1. The van der Waals surface area contributed by atoms with Crippen LogP contribution in [0.25, 0.3) is 11.3 Å². The molecule has 0 saturated carbocycles. The van der Waals surface area contributed by atoms with Gasteiger partial charge in [0.15, 0.2) is 0 Å². The topological polar surface area (TPSA) is 85.4 Å². The molecule has 0 amide bonds. The van der Waals surface area contributed by atoms with Gasteiger partial charge in [-0.25, -0.2) is 9.78 Å². The largest absolute Gasteiger partial charge is 0.491 e. The van der Waals surface area contributed by atoms with E-state index >= 15 is 0 Å². The quantitative estimate of drug-likeness (QED) is 0.821. The summed E-state index contributed by atoms with van der Waals surface area (Å²) in [7, 11) is 0. The summed E-state index contributed by atoms with van der Waals surface area (Å²) in [4.78, 5) is 15.4. The summed E-state index contributed by atoms with van der Waals surface area (Å²) in [5, 5.41) is 9.07. The summed E-state index contributed by atoms with van der Waals surface area (Å²) < 4.78 is 5.48. The Morgan fingerprint density at radius 1 is 1.53 bits per heavy atom. The number of thiazole rings is 1. The van der Waals surface area contributed by atoms with Gasteiger partial charge < -0.3 is 15.6 Å². The Labute approximate surface area is 114 Å². The zero-order valence-electron chi connectivity index (χ0n) is 10.4. The molecule has 6 heteroatoms. The predicted octanol–water partition coefficient (Wildman–Crippen LogP) is 2.88. The van der Waals surface area contributed by atoms with E-state index in [4.69, 9.17) is 15.6 Å². The number of nitrogens with two attached hydrogens (primary N) is 1. The normalized spacial score (nSPS) is 10.4. The van der Waals surface area contributed by atoms with Gasteiger partial charge in [0.25, 0.3) is 0 Å². The van der Waals surface area contributed by atoms with Crippen LogP contribution in [0.5, 0.6) is 5.75 Å². The van der Waals surface area contributed by atoms with Crippen molar-refractivity contribution in [2.45, 2.75) is 13.3 Å². The molecule has 0 aliphatic heterocycles. The van der Waals surface area contributed by atoms with E-state index in [1.54, 1.807) is 18.2 Å². The molecule has 0 fully saturated rings. The smallest absolute Gasteiger partial charge is 0.348 e. The summed E-state index contributed by atoms with van der Waals surface area (Å²) in [6.45, 7) is 2.61. The monoisotopic (exact) mass is 278 g/mol. The van der Waals surface area contributed by atoms with Crippen LogP contribution in [-0.4, -0.2) is 22.7 Å². The molecule has 0 bridgehead atoms. The average Bonchev–Trinajstić information content (AvgIpc) is 2.86. The molecule has 5 nitrogen and oxygen atoms in total. The van der Waals surface area contributed by atoms with Crippen LogP contribution in [-0.2, 0) is 0 Å². The SMILES string of the molecule is CCCOc1ccc(-c2ncsc2C(=O)O)cc1N. The van der Waals surface area contributed by atoms with E-state index in [0.29, 0.717) is 29.3 Å². The van der Waals surface area contributed by atoms with Gasteiger partial charge in [-0.15, -0.1) is 11.3 Å². The number of nitrogen functional groups attached to an aromatic ring is 1. The van der Waals surface area contributed by atoms with E-state index in [-0.39, 0.29) is 4.88 Å². The first kappa shape index (κ1) is 13.4. The van der Waals surface area contributed by atoms with Crippen LogP contribution < -0.4 is 10.5 Å². The van der Waals surface area contributed by atoms with Gasteiger partial charge >= 0.3 is 5.97 Å². The van der Waals surface area contributed by atoms with E-state index in [2.05, 4.69) is 4.98 Å². The van der Waals surface area contributed by atoms with Gasteiger partial charge in [0, 0.05) is 5.56 Å². The molecular weight excluding hydrogens is 264 g/mol. The molecule has 0 aliphatic carbocycles. The number of aromatic carboxylic acids is 1. The van der Waals surface area contributed by atoms with Crippen LogP contribution in [0, 0.1) is 0 Å². The van der Waals surface area contributed by atoms with E-state index in [1.165, 1.54) is 5.51 Å². The van der Waals surface area contributed by atoms with Crippen molar-refractivity contribution in [3.63, 3.8) is 0 Å². The molecule has 0 atom stereocenters. The summed E-state index contributed by atoms with van der Waals surface area (Å²) >= 11 is 1.09.